The summed E-state index contributed by atoms with van der Waals surface area (Å²) in [4.78, 5) is 22.8. The Kier molecular flexibility index (Phi) is 4.64. The highest BCUT2D eigenvalue weighted by Crippen LogP contribution is 2.17. The molecular formula is C10H16F2N2O2. The predicted molar refractivity (Wildman–Crippen MR) is 54.0 cm³/mol. The second kappa shape index (κ2) is 5.77. The molecule has 0 aliphatic carbocycles. The molecule has 0 atom stereocenters. The number of nitrogens with one attached hydrogen (secondary N) is 1. The van der Waals surface area contributed by atoms with Crippen LogP contribution in [0.3, 0.4) is 0 Å². The van der Waals surface area contributed by atoms with E-state index in [1.165, 1.54) is 11.8 Å². The first-order chi connectivity index (χ1) is 7.50. The van der Waals surface area contributed by atoms with Crippen molar-refractivity contribution in [1.29, 1.82) is 0 Å². The largest absolute Gasteiger partial charge is 0.356 e. The normalized spacial score (nSPS) is 17.6. The summed E-state index contributed by atoms with van der Waals surface area (Å²) in [6.45, 7) is 2.71. The average molecular weight is 234 g/mol. The van der Waals surface area contributed by atoms with Gasteiger partial charge in [0.2, 0.25) is 5.91 Å². The molecule has 1 saturated heterocycles. The number of likely N-dealkylation sites (tertiary alicyclic amines) is 1. The molecule has 0 bridgehead atoms. The number of alkyl halides is 2. The third-order valence-electron chi connectivity index (χ3n) is 2.75. The Balaban J connectivity index is 2.28. The van der Waals surface area contributed by atoms with Gasteiger partial charge < -0.3 is 10.2 Å². The van der Waals surface area contributed by atoms with Gasteiger partial charge in [-0.3, -0.25) is 9.59 Å². The Morgan fingerprint density at radius 2 is 1.94 bits per heavy atom. The standard InChI is InChI=1S/C10H16F2N2O2/c1-7(15)13-6-8-2-4-14(5-3-8)10(16)9(11)12/h8-9H,2-6H2,1H3,(H,13,15). The Hall–Kier alpha value is -1.20. The van der Waals surface area contributed by atoms with Crippen molar-refractivity contribution in [3.8, 4) is 0 Å². The molecule has 1 fully saturated rings. The van der Waals surface area contributed by atoms with Gasteiger partial charge in [0.15, 0.2) is 0 Å². The van der Waals surface area contributed by atoms with Crippen molar-refractivity contribution >= 4 is 11.8 Å². The molecule has 4 nitrogen and oxygen atoms in total. The second-order valence-corrected chi connectivity index (χ2v) is 4.01. The van der Waals surface area contributed by atoms with E-state index in [0.717, 1.165) is 0 Å². The van der Waals surface area contributed by atoms with Crippen molar-refractivity contribution in [2.45, 2.75) is 26.2 Å². The molecule has 1 heterocycles. The van der Waals surface area contributed by atoms with Crippen LogP contribution in [0, 0.1) is 5.92 Å². The highest BCUT2D eigenvalue weighted by molar-refractivity contribution is 5.79. The van der Waals surface area contributed by atoms with E-state index in [9.17, 15) is 18.4 Å². The molecule has 1 aliphatic rings. The van der Waals surface area contributed by atoms with Crippen molar-refractivity contribution in [3.63, 3.8) is 0 Å². The number of piperidine rings is 1. The van der Waals surface area contributed by atoms with Crippen LogP contribution in [0.1, 0.15) is 19.8 Å². The van der Waals surface area contributed by atoms with Crippen LogP contribution in [0.4, 0.5) is 8.78 Å². The Bertz CT molecular complexity index is 264. The van der Waals surface area contributed by atoms with Gasteiger partial charge in [-0.2, -0.15) is 8.78 Å². The van der Waals surface area contributed by atoms with E-state index in [2.05, 4.69) is 5.32 Å². The van der Waals surface area contributed by atoms with Gasteiger partial charge in [0.25, 0.3) is 5.91 Å². The van der Waals surface area contributed by atoms with Crippen LogP contribution in [0.25, 0.3) is 0 Å². The maximum Gasteiger partial charge on any atom is 0.315 e. The van der Waals surface area contributed by atoms with Crippen molar-refractivity contribution < 1.29 is 18.4 Å². The average Bonchev–Trinajstić information content (AvgIpc) is 2.26. The maximum atomic E-state index is 12.1. The van der Waals surface area contributed by atoms with Crippen LogP contribution < -0.4 is 5.32 Å². The summed E-state index contributed by atoms with van der Waals surface area (Å²) in [6.07, 6.45) is -1.58. The van der Waals surface area contributed by atoms with Gasteiger partial charge in [0.05, 0.1) is 0 Å². The molecule has 2 amide bonds. The summed E-state index contributed by atoms with van der Waals surface area (Å²) in [5.41, 5.74) is 0. The fourth-order valence-corrected chi connectivity index (χ4v) is 1.78. The Morgan fingerprint density at radius 1 is 1.38 bits per heavy atom. The Labute approximate surface area is 93.0 Å². The number of halogens is 2. The summed E-state index contributed by atoms with van der Waals surface area (Å²) in [6, 6.07) is 0. The smallest absolute Gasteiger partial charge is 0.315 e. The monoisotopic (exact) mass is 234 g/mol. The summed E-state index contributed by atoms with van der Waals surface area (Å²) in [7, 11) is 0. The SMILES string of the molecule is CC(=O)NCC1CCN(C(=O)C(F)F)CC1. The molecular weight excluding hydrogens is 218 g/mol. The molecule has 0 saturated carbocycles. The number of carbonyl (C=O) groups excluding carboxylic acids is 2. The van der Waals surface area contributed by atoms with Gasteiger partial charge in [-0.05, 0) is 18.8 Å². The van der Waals surface area contributed by atoms with E-state index in [1.54, 1.807) is 0 Å². The molecule has 0 unspecified atom stereocenters. The van der Waals surface area contributed by atoms with Crippen LogP contribution in [0.5, 0.6) is 0 Å². The zero-order valence-electron chi connectivity index (χ0n) is 9.21. The third-order valence-corrected chi connectivity index (χ3v) is 2.75. The van der Waals surface area contributed by atoms with Crippen LogP contribution in [-0.2, 0) is 9.59 Å². The van der Waals surface area contributed by atoms with E-state index in [1.807, 2.05) is 0 Å². The minimum absolute atomic E-state index is 0.0916. The fourth-order valence-electron chi connectivity index (χ4n) is 1.78. The van der Waals surface area contributed by atoms with Gasteiger partial charge in [-0.15, -0.1) is 0 Å². The number of amides is 2. The first kappa shape index (κ1) is 12.9. The van der Waals surface area contributed by atoms with Gasteiger partial charge in [-0.1, -0.05) is 0 Å². The summed E-state index contributed by atoms with van der Waals surface area (Å²) < 4.78 is 24.2. The second-order valence-electron chi connectivity index (χ2n) is 4.01. The van der Waals surface area contributed by atoms with Crippen molar-refractivity contribution in [1.82, 2.24) is 10.2 Å². The molecule has 1 aliphatic heterocycles. The molecule has 1 N–H and O–H groups in total. The molecule has 0 aromatic carbocycles. The lowest BCUT2D eigenvalue weighted by molar-refractivity contribution is -0.144. The van der Waals surface area contributed by atoms with Crippen LogP contribution in [-0.4, -0.2) is 42.8 Å². The van der Waals surface area contributed by atoms with E-state index in [0.29, 0.717) is 32.5 Å². The summed E-state index contributed by atoms with van der Waals surface area (Å²) >= 11 is 0. The lowest BCUT2D eigenvalue weighted by Gasteiger charge is -2.31. The molecule has 0 spiro atoms. The zero-order chi connectivity index (χ0) is 12.1. The van der Waals surface area contributed by atoms with Crippen LogP contribution in [0.15, 0.2) is 0 Å². The molecule has 0 aromatic heterocycles. The third kappa shape index (κ3) is 3.75. The molecule has 92 valence electrons. The zero-order valence-corrected chi connectivity index (χ0v) is 9.21. The predicted octanol–water partition coefficient (Wildman–Crippen LogP) is 0.626. The topological polar surface area (TPSA) is 49.4 Å². The van der Waals surface area contributed by atoms with E-state index in [4.69, 9.17) is 0 Å². The lowest BCUT2D eigenvalue weighted by atomic mass is 9.97. The Morgan fingerprint density at radius 3 is 2.38 bits per heavy atom. The van der Waals surface area contributed by atoms with Crippen LogP contribution >= 0.6 is 0 Å². The molecule has 0 aromatic rings. The summed E-state index contributed by atoms with van der Waals surface area (Å²) in [5.74, 6) is -0.894. The first-order valence-corrected chi connectivity index (χ1v) is 5.32. The van der Waals surface area contributed by atoms with Crippen molar-refractivity contribution in [3.05, 3.63) is 0 Å². The number of hydrogen-bond donors (Lipinski definition) is 1. The maximum absolute atomic E-state index is 12.1. The number of carbonyl (C=O) groups is 2. The van der Waals surface area contributed by atoms with Gasteiger partial charge in [0, 0.05) is 26.6 Å². The van der Waals surface area contributed by atoms with Gasteiger partial charge >= 0.3 is 6.43 Å². The quantitative estimate of drug-likeness (QED) is 0.778. The number of hydrogen-bond acceptors (Lipinski definition) is 2. The minimum atomic E-state index is -2.91. The number of nitrogens with zero attached hydrogens (tertiary/aromatic N) is 1. The molecule has 1 rings (SSSR count). The van der Waals surface area contributed by atoms with E-state index >= 15 is 0 Å². The van der Waals surface area contributed by atoms with E-state index in [-0.39, 0.29) is 11.8 Å². The number of rotatable bonds is 3. The minimum Gasteiger partial charge on any atom is -0.356 e. The van der Waals surface area contributed by atoms with Crippen molar-refractivity contribution in [2.24, 2.45) is 5.92 Å². The van der Waals surface area contributed by atoms with Gasteiger partial charge in [0.1, 0.15) is 0 Å². The first-order valence-electron chi connectivity index (χ1n) is 5.32. The van der Waals surface area contributed by atoms with Crippen LogP contribution in [0.2, 0.25) is 0 Å². The fraction of sp³-hybridized carbons (Fsp3) is 0.800. The molecule has 16 heavy (non-hydrogen) atoms. The summed E-state index contributed by atoms with van der Waals surface area (Å²) in [5, 5.41) is 2.69. The molecule has 0 radical (unpaired) electrons. The van der Waals surface area contributed by atoms with E-state index < -0.39 is 12.3 Å². The highest BCUT2D eigenvalue weighted by Gasteiger charge is 2.27. The highest BCUT2D eigenvalue weighted by atomic mass is 19.3. The van der Waals surface area contributed by atoms with Crippen molar-refractivity contribution in [2.75, 3.05) is 19.6 Å². The van der Waals surface area contributed by atoms with Gasteiger partial charge in [-0.25, -0.2) is 0 Å². The lowest BCUT2D eigenvalue weighted by Crippen LogP contribution is -2.43. The molecule has 6 heteroatoms.